The number of ether oxygens (including phenoxy) is 2. The molecule has 0 aliphatic rings. The molecule has 2 rings (SSSR count). The van der Waals surface area contributed by atoms with Gasteiger partial charge in [-0.15, -0.1) is 0 Å². The molecule has 0 amide bonds. The molecule has 0 aromatic heterocycles. The quantitative estimate of drug-likeness (QED) is 0.684. The highest BCUT2D eigenvalue weighted by Gasteiger charge is 2.26. The number of rotatable bonds is 9. The summed E-state index contributed by atoms with van der Waals surface area (Å²) in [5, 5.41) is 10.6. The number of aliphatic hydroxyl groups is 1. The van der Waals surface area contributed by atoms with Crippen molar-refractivity contribution < 1.29 is 23.0 Å². The van der Waals surface area contributed by atoms with Crippen LogP contribution in [0.2, 0.25) is 0 Å². The molecule has 0 saturated carbocycles. The fourth-order valence-electron chi connectivity index (χ4n) is 2.67. The largest absolute Gasteiger partial charge is 0.497 e. The monoisotopic (exact) mass is 393 g/mol. The van der Waals surface area contributed by atoms with Crippen LogP contribution in [-0.4, -0.2) is 39.4 Å². The summed E-state index contributed by atoms with van der Waals surface area (Å²) in [5.41, 5.74) is 0.437. The van der Waals surface area contributed by atoms with Crippen molar-refractivity contribution in [3.8, 4) is 11.5 Å². The first-order valence-electron chi connectivity index (χ1n) is 8.75. The van der Waals surface area contributed by atoms with E-state index in [1.807, 2.05) is 19.1 Å². The normalized spacial score (nSPS) is 13.8. The van der Waals surface area contributed by atoms with Crippen LogP contribution in [0.5, 0.6) is 11.5 Å². The van der Waals surface area contributed by atoms with Crippen molar-refractivity contribution in [2.24, 2.45) is 0 Å². The van der Waals surface area contributed by atoms with Crippen LogP contribution in [0.25, 0.3) is 0 Å². The molecule has 0 aliphatic carbocycles. The minimum absolute atomic E-state index is 0.0737. The lowest BCUT2D eigenvalue weighted by Gasteiger charge is -2.24. The van der Waals surface area contributed by atoms with Crippen LogP contribution in [0.1, 0.15) is 25.0 Å². The second-order valence-corrected chi connectivity index (χ2v) is 8.46. The van der Waals surface area contributed by atoms with E-state index in [2.05, 4.69) is 4.72 Å². The maximum Gasteiger partial charge on any atom is 0.244 e. The molecule has 0 spiro atoms. The Labute approximate surface area is 161 Å². The molecular weight excluding hydrogens is 366 g/mol. The van der Waals surface area contributed by atoms with Crippen LogP contribution >= 0.6 is 0 Å². The molecule has 2 aromatic rings. The second-order valence-electron chi connectivity index (χ2n) is 6.73. The zero-order chi connectivity index (χ0) is 20.1. The average molecular weight is 394 g/mol. The van der Waals surface area contributed by atoms with Gasteiger partial charge < -0.3 is 14.6 Å². The van der Waals surface area contributed by atoms with Crippen LogP contribution in [-0.2, 0) is 16.4 Å². The summed E-state index contributed by atoms with van der Waals surface area (Å²) in [4.78, 5) is 0.0737. The summed E-state index contributed by atoms with van der Waals surface area (Å²) < 4.78 is 38.5. The van der Waals surface area contributed by atoms with Crippen LogP contribution < -0.4 is 14.2 Å². The van der Waals surface area contributed by atoms with E-state index >= 15 is 0 Å². The first-order chi connectivity index (χ1) is 12.7. The zero-order valence-electron chi connectivity index (χ0n) is 16.2. The van der Waals surface area contributed by atoms with Crippen LogP contribution in [0.15, 0.2) is 47.4 Å². The third-order valence-electron chi connectivity index (χ3n) is 4.08. The Kier molecular flexibility index (Phi) is 6.86. The lowest BCUT2D eigenvalue weighted by Crippen LogP contribution is -2.42. The molecule has 0 bridgehead atoms. The summed E-state index contributed by atoms with van der Waals surface area (Å²) >= 11 is 0. The van der Waals surface area contributed by atoms with Gasteiger partial charge in [-0.3, -0.25) is 0 Å². The van der Waals surface area contributed by atoms with E-state index in [0.29, 0.717) is 18.8 Å². The van der Waals surface area contributed by atoms with E-state index in [1.54, 1.807) is 51.3 Å². The van der Waals surface area contributed by atoms with E-state index in [0.717, 1.165) is 16.9 Å². The smallest absolute Gasteiger partial charge is 0.244 e. The van der Waals surface area contributed by atoms with E-state index in [1.165, 1.54) is 0 Å². The van der Waals surface area contributed by atoms with Crippen molar-refractivity contribution in [3.05, 3.63) is 53.6 Å². The van der Waals surface area contributed by atoms with Gasteiger partial charge in [0.2, 0.25) is 10.0 Å². The topological polar surface area (TPSA) is 84.9 Å². The summed E-state index contributed by atoms with van der Waals surface area (Å²) in [6.45, 7) is 5.44. The molecule has 1 unspecified atom stereocenters. The maximum absolute atomic E-state index is 12.7. The Hall–Kier alpha value is -2.09. The van der Waals surface area contributed by atoms with E-state index in [-0.39, 0.29) is 11.4 Å². The number of sulfonamides is 1. The second kappa shape index (κ2) is 8.73. The van der Waals surface area contributed by atoms with Crippen LogP contribution in [0.4, 0.5) is 0 Å². The van der Waals surface area contributed by atoms with Crippen LogP contribution in [0, 0.1) is 6.92 Å². The zero-order valence-corrected chi connectivity index (χ0v) is 17.0. The third-order valence-corrected chi connectivity index (χ3v) is 5.50. The Morgan fingerprint density at radius 1 is 1.15 bits per heavy atom. The van der Waals surface area contributed by atoms with Crippen molar-refractivity contribution in [2.75, 3.05) is 20.3 Å². The SMILES string of the molecule is CCOc1ccc(C)cc1S(=O)(=O)NCC(C)(O)Cc1ccc(OC)cc1. The predicted molar refractivity (Wildman–Crippen MR) is 105 cm³/mol. The lowest BCUT2D eigenvalue weighted by atomic mass is 9.97. The molecule has 0 aliphatic heterocycles. The van der Waals surface area contributed by atoms with Gasteiger partial charge in [-0.05, 0) is 56.2 Å². The lowest BCUT2D eigenvalue weighted by molar-refractivity contribution is 0.0656. The Morgan fingerprint density at radius 3 is 2.41 bits per heavy atom. The predicted octanol–water partition coefficient (Wildman–Crippen LogP) is 2.67. The molecule has 7 heteroatoms. The minimum atomic E-state index is -3.83. The molecule has 1 atom stereocenters. The average Bonchev–Trinajstić information content (AvgIpc) is 2.62. The van der Waals surface area contributed by atoms with E-state index < -0.39 is 15.6 Å². The van der Waals surface area contributed by atoms with Gasteiger partial charge in [-0.2, -0.15) is 0 Å². The summed E-state index contributed by atoms with van der Waals surface area (Å²) in [5.74, 6) is 1.02. The van der Waals surface area contributed by atoms with Gasteiger partial charge in [-0.25, -0.2) is 13.1 Å². The summed E-state index contributed by atoms with van der Waals surface area (Å²) in [6, 6.07) is 12.3. The molecule has 0 heterocycles. The van der Waals surface area contributed by atoms with Crippen molar-refractivity contribution >= 4 is 10.0 Å². The van der Waals surface area contributed by atoms with Crippen LogP contribution in [0.3, 0.4) is 0 Å². The molecule has 0 radical (unpaired) electrons. The highest BCUT2D eigenvalue weighted by molar-refractivity contribution is 7.89. The first-order valence-corrected chi connectivity index (χ1v) is 10.2. The van der Waals surface area contributed by atoms with Gasteiger partial charge in [0, 0.05) is 13.0 Å². The maximum atomic E-state index is 12.7. The standard InChI is InChI=1S/C20H27NO5S/c1-5-26-18-11-6-15(2)12-19(18)27(23,24)21-14-20(3,22)13-16-7-9-17(25-4)10-8-16/h6-12,21-22H,5,13-14H2,1-4H3. The fraction of sp³-hybridized carbons (Fsp3) is 0.400. The van der Waals surface area contributed by atoms with E-state index in [9.17, 15) is 13.5 Å². The van der Waals surface area contributed by atoms with Gasteiger partial charge in [0.05, 0.1) is 19.3 Å². The van der Waals surface area contributed by atoms with Gasteiger partial charge in [0.1, 0.15) is 16.4 Å². The fourth-order valence-corrected chi connectivity index (χ4v) is 4.06. The van der Waals surface area contributed by atoms with Crippen molar-refractivity contribution in [1.82, 2.24) is 4.72 Å². The molecule has 6 nitrogen and oxygen atoms in total. The molecule has 2 N–H and O–H groups in total. The summed E-state index contributed by atoms with van der Waals surface area (Å²) in [7, 11) is -2.24. The molecular formula is C20H27NO5S. The molecule has 27 heavy (non-hydrogen) atoms. The number of benzene rings is 2. The highest BCUT2D eigenvalue weighted by atomic mass is 32.2. The van der Waals surface area contributed by atoms with Crippen molar-refractivity contribution in [3.63, 3.8) is 0 Å². The van der Waals surface area contributed by atoms with Crippen molar-refractivity contribution in [1.29, 1.82) is 0 Å². The number of nitrogens with one attached hydrogen (secondary N) is 1. The van der Waals surface area contributed by atoms with Gasteiger partial charge >= 0.3 is 0 Å². The van der Waals surface area contributed by atoms with Crippen molar-refractivity contribution in [2.45, 2.75) is 37.7 Å². The van der Waals surface area contributed by atoms with Gasteiger partial charge in [0.25, 0.3) is 0 Å². The molecule has 2 aromatic carbocycles. The number of hydrogen-bond acceptors (Lipinski definition) is 5. The van der Waals surface area contributed by atoms with Gasteiger partial charge in [-0.1, -0.05) is 18.2 Å². The molecule has 0 fully saturated rings. The number of hydrogen-bond donors (Lipinski definition) is 2. The van der Waals surface area contributed by atoms with E-state index in [4.69, 9.17) is 9.47 Å². The molecule has 0 saturated heterocycles. The Bertz CT molecular complexity index is 860. The number of aryl methyl sites for hydroxylation is 1. The minimum Gasteiger partial charge on any atom is -0.497 e. The van der Waals surface area contributed by atoms with Gasteiger partial charge in [0.15, 0.2) is 0 Å². The summed E-state index contributed by atoms with van der Waals surface area (Å²) in [6.07, 6.45) is 0.297. The molecule has 148 valence electrons. The first kappa shape index (κ1) is 21.2. The Morgan fingerprint density at radius 2 is 1.81 bits per heavy atom. The number of methoxy groups -OCH3 is 1. The highest BCUT2D eigenvalue weighted by Crippen LogP contribution is 2.25. The Balaban J connectivity index is 2.12. The third kappa shape index (κ3) is 5.95.